The maximum absolute atomic E-state index is 13.1. The van der Waals surface area contributed by atoms with Crippen molar-refractivity contribution < 1.29 is 13.9 Å². The van der Waals surface area contributed by atoms with Gasteiger partial charge in [-0.1, -0.05) is 12.1 Å². The van der Waals surface area contributed by atoms with Gasteiger partial charge in [-0.2, -0.15) is 9.50 Å². The molecular formula is C17H18FN5O2. The highest BCUT2D eigenvalue weighted by Crippen LogP contribution is 2.16. The van der Waals surface area contributed by atoms with Gasteiger partial charge in [-0.3, -0.25) is 4.79 Å². The van der Waals surface area contributed by atoms with Crippen molar-refractivity contribution in [3.8, 4) is 0 Å². The first-order chi connectivity index (χ1) is 11.9. The first-order valence-electron chi connectivity index (χ1n) is 7.82. The van der Waals surface area contributed by atoms with Gasteiger partial charge in [0.05, 0.1) is 0 Å². The van der Waals surface area contributed by atoms with Crippen LogP contribution in [0.1, 0.15) is 28.9 Å². The van der Waals surface area contributed by atoms with Crippen molar-refractivity contribution in [2.45, 2.75) is 33.3 Å². The Morgan fingerprint density at radius 1 is 1.32 bits per heavy atom. The number of ether oxygens (including phenoxy) is 1. The second-order valence-corrected chi connectivity index (χ2v) is 5.73. The molecule has 1 aromatic carbocycles. The Kier molecular flexibility index (Phi) is 4.60. The predicted octanol–water partition coefficient (Wildman–Crippen LogP) is 2.14. The van der Waals surface area contributed by atoms with Gasteiger partial charge in [-0.05, 0) is 43.5 Å². The molecule has 0 spiro atoms. The topological polar surface area (TPSA) is 95.4 Å². The van der Waals surface area contributed by atoms with Crippen molar-refractivity contribution in [2.75, 3.05) is 5.73 Å². The van der Waals surface area contributed by atoms with Gasteiger partial charge in [0, 0.05) is 17.8 Å². The van der Waals surface area contributed by atoms with E-state index in [1.807, 2.05) is 13.8 Å². The molecule has 0 unspecified atom stereocenters. The van der Waals surface area contributed by atoms with Crippen LogP contribution >= 0.6 is 0 Å². The molecule has 25 heavy (non-hydrogen) atoms. The van der Waals surface area contributed by atoms with E-state index in [1.54, 1.807) is 16.6 Å². The van der Waals surface area contributed by atoms with Gasteiger partial charge in [-0.15, -0.1) is 5.10 Å². The summed E-state index contributed by atoms with van der Waals surface area (Å²) in [5.41, 5.74) is 8.73. The van der Waals surface area contributed by atoms with E-state index in [2.05, 4.69) is 15.1 Å². The number of aromatic nitrogens is 4. The Labute approximate surface area is 143 Å². The monoisotopic (exact) mass is 343 g/mol. The van der Waals surface area contributed by atoms with E-state index >= 15 is 0 Å². The average molecular weight is 343 g/mol. The van der Waals surface area contributed by atoms with Crippen molar-refractivity contribution in [1.29, 1.82) is 0 Å². The standard InChI is InChI=1S/C17H18FN5O2/c1-10-14(11(2)23-17(20-10)21-16(19)22-23)6-7-15(24)25-9-12-4-3-5-13(18)8-12/h3-5,8H,6-7,9H2,1-2H3,(H2,19,22). The number of nitrogens with two attached hydrogens (primary N) is 1. The summed E-state index contributed by atoms with van der Waals surface area (Å²) in [6.07, 6.45) is 0.650. The number of hydrogen-bond donors (Lipinski definition) is 1. The summed E-state index contributed by atoms with van der Waals surface area (Å²) in [6, 6.07) is 5.97. The molecule has 3 aromatic rings. The van der Waals surface area contributed by atoms with Gasteiger partial charge in [0.1, 0.15) is 12.4 Å². The molecule has 2 N–H and O–H groups in total. The van der Waals surface area contributed by atoms with Crippen LogP contribution in [-0.4, -0.2) is 25.6 Å². The number of fused-ring (bicyclic) bond motifs is 1. The lowest BCUT2D eigenvalue weighted by Crippen LogP contribution is -2.10. The number of nitrogens with zero attached hydrogens (tertiary/aromatic N) is 4. The van der Waals surface area contributed by atoms with Gasteiger partial charge in [0.15, 0.2) is 0 Å². The zero-order chi connectivity index (χ0) is 18.0. The molecule has 0 radical (unpaired) electrons. The number of carbonyl (C=O) groups is 1. The van der Waals surface area contributed by atoms with Crippen molar-refractivity contribution in [3.05, 3.63) is 52.6 Å². The Morgan fingerprint density at radius 3 is 2.88 bits per heavy atom. The molecule has 8 heteroatoms. The molecule has 0 atom stereocenters. The molecule has 0 aliphatic carbocycles. The lowest BCUT2D eigenvalue weighted by molar-refractivity contribution is -0.144. The van der Waals surface area contributed by atoms with E-state index in [-0.39, 0.29) is 30.8 Å². The van der Waals surface area contributed by atoms with Crippen molar-refractivity contribution in [1.82, 2.24) is 19.6 Å². The minimum atomic E-state index is -0.360. The van der Waals surface area contributed by atoms with Crippen LogP contribution in [-0.2, 0) is 22.6 Å². The van der Waals surface area contributed by atoms with Crippen LogP contribution in [0.3, 0.4) is 0 Å². The number of hydrogen-bond acceptors (Lipinski definition) is 6. The number of aryl methyl sites for hydroxylation is 2. The van der Waals surface area contributed by atoms with E-state index in [9.17, 15) is 9.18 Å². The lowest BCUT2D eigenvalue weighted by Gasteiger charge is -2.10. The summed E-state index contributed by atoms with van der Waals surface area (Å²) in [5, 5.41) is 4.09. The molecule has 0 saturated carbocycles. The number of halogens is 1. The Hall–Kier alpha value is -3.03. The number of carbonyl (C=O) groups excluding carboxylic acids is 1. The zero-order valence-corrected chi connectivity index (χ0v) is 14.0. The predicted molar refractivity (Wildman–Crippen MR) is 89.2 cm³/mol. The number of nitrogen functional groups attached to an aromatic ring is 1. The third-order valence-electron chi connectivity index (χ3n) is 3.93. The summed E-state index contributed by atoms with van der Waals surface area (Å²) < 4.78 is 19.9. The van der Waals surface area contributed by atoms with E-state index in [4.69, 9.17) is 10.5 Å². The highest BCUT2D eigenvalue weighted by molar-refractivity contribution is 5.69. The lowest BCUT2D eigenvalue weighted by atomic mass is 10.1. The summed E-state index contributed by atoms with van der Waals surface area (Å²) in [4.78, 5) is 20.4. The van der Waals surface area contributed by atoms with Crippen LogP contribution in [0, 0.1) is 19.7 Å². The normalized spacial score (nSPS) is 11.0. The molecule has 3 rings (SSSR count). The van der Waals surface area contributed by atoms with Crippen LogP contribution in [0.2, 0.25) is 0 Å². The molecule has 2 heterocycles. The zero-order valence-electron chi connectivity index (χ0n) is 14.0. The van der Waals surface area contributed by atoms with Gasteiger partial charge < -0.3 is 10.5 Å². The molecule has 130 valence electrons. The van der Waals surface area contributed by atoms with Crippen LogP contribution in [0.25, 0.3) is 5.78 Å². The van der Waals surface area contributed by atoms with Crippen molar-refractivity contribution in [3.63, 3.8) is 0 Å². The molecule has 0 fully saturated rings. The largest absolute Gasteiger partial charge is 0.461 e. The highest BCUT2D eigenvalue weighted by Gasteiger charge is 2.14. The maximum atomic E-state index is 13.1. The molecule has 0 aliphatic rings. The third kappa shape index (κ3) is 3.73. The number of benzene rings is 1. The quantitative estimate of drug-likeness (QED) is 0.713. The molecule has 0 amide bonds. The molecular weight excluding hydrogens is 325 g/mol. The van der Waals surface area contributed by atoms with Crippen LogP contribution in [0.15, 0.2) is 24.3 Å². The van der Waals surface area contributed by atoms with Gasteiger partial charge in [-0.25, -0.2) is 9.37 Å². The fourth-order valence-corrected chi connectivity index (χ4v) is 2.68. The van der Waals surface area contributed by atoms with Gasteiger partial charge >= 0.3 is 5.97 Å². The van der Waals surface area contributed by atoms with E-state index in [1.165, 1.54) is 12.1 Å². The number of anilines is 1. The van der Waals surface area contributed by atoms with Crippen molar-refractivity contribution >= 4 is 17.7 Å². The third-order valence-corrected chi connectivity index (χ3v) is 3.93. The SMILES string of the molecule is Cc1nc2nc(N)nn2c(C)c1CCC(=O)OCc1cccc(F)c1. The second-order valence-electron chi connectivity index (χ2n) is 5.73. The molecule has 0 aliphatic heterocycles. The summed E-state index contributed by atoms with van der Waals surface area (Å²) >= 11 is 0. The Balaban J connectivity index is 1.65. The maximum Gasteiger partial charge on any atom is 0.306 e. The Morgan fingerprint density at radius 2 is 2.12 bits per heavy atom. The number of esters is 1. The summed E-state index contributed by atoms with van der Waals surface area (Å²) in [7, 11) is 0. The smallest absolute Gasteiger partial charge is 0.306 e. The van der Waals surface area contributed by atoms with E-state index in [0.717, 1.165) is 17.0 Å². The molecule has 2 aromatic heterocycles. The van der Waals surface area contributed by atoms with Crippen molar-refractivity contribution in [2.24, 2.45) is 0 Å². The first-order valence-corrected chi connectivity index (χ1v) is 7.82. The van der Waals surface area contributed by atoms with Crippen LogP contribution in [0.4, 0.5) is 10.3 Å². The van der Waals surface area contributed by atoms with Crippen LogP contribution < -0.4 is 5.73 Å². The van der Waals surface area contributed by atoms with Gasteiger partial charge in [0.25, 0.3) is 5.78 Å². The summed E-state index contributed by atoms with van der Waals surface area (Å²) in [5.74, 6) is -0.126. The number of rotatable bonds is 5. The molecule has 0 bridgehead atoms. The minimum Gasteiger partial charge on any atom is -0.461 e. The molecule has 7 nitrogen and oxygen atoms in total. The van der Waals surface area contributed by atoms with E-state index in [0.29, 0.717) is 17.8 Å². The Bertz CT molecular complexity index is 938. The van der Waals surface area contributed by atoms with E-state index < -0.39 is 0 Å². The summed E-state index contributed by atoms with van der Waals surface area (Å²) in [6.45, 7) is 3.78. The van der Waals surface area contributed by atoms with Crippen LogP contribution in [0.5, 0.6) is 0 Å². The highest BCUT2D eigenvalue weighted by atomic mass is 19.1. The minimum absolute atomic E-state index is 0.0471. The average Bonchev–Trinajstić information content (AvgIpc) is 2.93. The first kappa shape index (κ1) is 16.8. The fourth-order valence-electron chi connectivity index (χ4n) is 2.68. The van der Waals surface area contributed by atoms with Gasteiger partial charge in [0.2, 0.25) is 5.95 Å². The second kappa shape index (κ2) is 6.84. The fraction of sp³-hybridized carbons (Fsp3) is 0.294. The molecule has 0 saturated heterocycles.